The molecule has 0 saturated heterocycles. The normalized spacial score (nSPS) is 11.7. The van der Waals surface area contributed by atoms with Crippen LogP contribution in [0.3, 0.4) is 0 Å². The lowest BCUT2D eigenvalue weighted by Gasteiger charge is -2.14. The molecule has 0 aliphatic heterocycles. The van der Waals surface area contributed by atoms with E-state index in [4.69, 9.17) is 4.42 Å². The fraction of sp³-hybridized carbons (Fsp3) is 0.107. The van der Waals surface area contributed by atoms with Crippen molar-refractivity contribution in [2.75, 3.05) is 0 Å². The largest absolute Gasteiger partial charge is 0.507 e. The molecule has 0 amide bonds. The predicted molar refractivity (Wildman–Crippen MR) is 129 cm³/mol. The van der Waals surface area contributed by atoms with Crippen molar-refractivity contribution in [3.63, 3.8) is 0 Å². The first-order valence-corrected chi connectivity index (χ1v) is 10.5. The molecule has 0 aliphatic rings. The number of benzene rings is 3. The van der Waals surface area contributed by atoms with E-state index in [0.29, 0.717) is 23.3 Å². The summed E-state index contributed by atoms with van der Waals surface area (Å²) >= 11 is 0. The molecule has 32 heavy (non-hydrogen) atoms. The van der Waals surface area contributed by atoms with Crippen molar-refractivity contribution in [1.82, 2.24) is 0 Å². The van der Waals surface area contributed by atoms with Crippen LogP contribution in [0.15, 0.2) is 88.1 Å². The summed E-state index contributed by atoms with van der Waals surface area (Å²) < 4.78 is 5.79. The molecule has 160 valence electrons. The molecule has 3 aromatic carbocycles. The molecule has 4 nitrogen and oxygen atoms in total. The van der Waals surface area contributed by atoms with E-state index in [0.717, 1.165) is 11.1 Å². The Morgan fingerprint density at radius 3 is 1.88 bits per heavy atom. The first-order chi connectivity index (χ1) is 15.5. The van der Waals surface area contributed by atoms with E-state index >= 15 is 0 Å². The standard InChI is InChI=1S/C28H24O4/c1-19-18-24(29)25-27(31)22(16-8-14-20-10-4-2-5-11-20)26(30)23(28(25)32-19)17-9-15-21-12-6-3-7-13-21/h2-15,18,30-31H,16-17H2,1H3/b14-8+,15-9+. The van der Waals surface area contributed by atoms with Gasteiger partial charge in [0.2, 0.25) is 0 Å². The van der Waals surface area contributed by atoms with Gasteiger partial charge in [-0.2, -0.15) is 0 Å². The number of phenolic OH excluding ortho intramolecular Hbond substituents is 2. The van der Waals surface area contributed by atoms with Crippen LogP contribution in [0, 0.1) is 6.92 Å². The molecule has 1 aromatic heterocycles. The zero-order chi connectivity index (χ0) is 22.5. The molecule has 0 saturated carbocycles. The fourth-order valence-electron chi connectivity index (χ4n) is 3.74. The number of phenols is 2. The summed E-state index contributed by atoms with van der Waals surface area (Å²) in [7, 11) is 0. The number of aryl methyl sites for hydroxylation is 1. The molecule has 4 rings (SSSR count). The number of hydrogen-bond acceptors (Lipinski definition) is 4. The molecule has 0 fully saturated rings. The van der Waals surface area contributed by atoms with Crippen LogP contribution in [0.2, 0.25) is 0 Å². The second-order valence-electron chi connectivity index (χ2n) is 7.61. The van der Waals surface area contributed by atoms with Gasteiger partial charge in [0.05, 0.1) is 0 Å². The summed E-state index contributed by atoms with van der Waals surface area (Å²) in [6.07, 6.45) is 8.24. The number of aromatic hydroxyl groups is 2. The summed E-state index contributed by atoms with van der Waals surface area (Å²) in [6, 6.07) is 20.9. The van der Waals surface area contributed by atoms with Gasteiger partial charge < -0.3 is 14.6 Å². The van der Waals surface area contributed by atoms with E-state index in [1.54, 1.807) is 6.92 Å². The molecule has 4 heteroatoms. The minimum absolute atomic E-state index is 0.0563. The summed E-state index contributed by atoms with van der Waals surface area (Å²) in [6.45, 7) is 1.68. The van der Waals surface area contributed by atoms with Gasteiger partial charge in [0.15, 0.2) is 5.43 Å². The van der Waals surface area contributed by atoms with Gasteiger partial charge in [-0.25, -0.2) is 0 Å². The summed E-state index contributed by atoms with van der Waals surface area (Å²) in [5.74, 6) is 0.130. The highest BCUT2D eigenvalue weighted by Crippen LogP contribution is 2.39. The third-order valence-corrected chi connectivity index (χ3v) is 5.30. The second-order valence-corrected chi connectivity index (χ2v) is 7.61. The Morgan fingerprint density at radius 2 is 1.31 bits per heavy atom. The predicted octanol–water partition coefficient (Wildman–Crippen LogP) is 6.02. The summed E-state index contributed by atoms with van der Waals surface area (Å²) in [4.78, 5) is 12.7. The lowest BCUT2D eigenvalue weighted by atomic mass is 9.97. The highest BCUT2D eigenvalue weighted by atomic mass is 16.3. The Kier molecular flexibility index (Phi) is 6.22. The third-order valence-electron chi connectivity index (χ3n) is 5.30. The highest BCUT2D eigenvalue weighted by Gasteiger charge is 2.21. The minimum Gasteiger partial charge on any atom is -0.507 e. The molecule has 0 spiro atoms. The van der Waals surface area contributed by atoms with Crippen molar-refractivity contribution < 1.29 is 14.6 Å². The van der Waals surface area contributed by atoms with Crippen molar-refractivity contribution in [1.29, 1.82) is 0 Å². The quantitative estimate of drug-likeness (QED) is 0.397. The fourth-order valence-corrected chi connectivity index (χ4v) is 3.74. The van der Waals surface area contributed by atoms with Gasteiger partial charge >= 0.3 is 0 Å². The lowest BCUT2D eigenvalue weighted by Crippen LogP contribution is -2.05. The second kappa shape index (κ2) is 9.40. The topological polar surface area (TPSA) is 70.7 Å². The molecular weight excluding hydrogens is 400 g/mol. The third kappa shape index (κ3) is 4.49. The lowest BCUT2D eigenvalue weighted by molar-refractivity contribution is 0.437. The van der Waals surface area contributed by atoms with E-state index in [1.165, 1.54) is 6.07 Å². The average Bonchev–Trinajstić information content (AvgIpc) is 2.79. The number of rotatable bonds is 6. The van der Waals surface area contributed by atoms with Crippen LogP contribution in [0.5, 0.6) is 11.5 Å². The first kappa shape index (κ1) is 21.2. The number of fused-ring (bicyclic) bond motifs is 1. The molecule has 1 heterocycles. The smallest absolute Gasteiger partial charge is 0.196 e. The van der Waals surface area contributed by atoms with Crippen LogP contribution in [-0.2, 0) is 12.8 Å². The molecular formula is C28H24O4. The minimum atomic E-state index is -0.331. The van der Waals surface area contributed by atoms with Gasteiger partial charge in [-0.05, 0) is 30.9 Å². The van der Waals surface area contributed by atoms with E-state index in [-0.39, 0.29) is 34.3 Å². The Hall–Kier alpha value is -4.05. The van der Waals surface area contributed by atoms with Crippen LogP contribution in [-0.4, -0.2) is 10.2 Å². The molecule has 0 atom stereocenters. The van der Waals surface area contributed by atoms with E-state index < -0.39 is 0 Å². The van der Waals surface area contributed by atoms with Gasteiger partial charge in [-0.15, -0.1) is 0 Å². The van der Waals surface area contributed by atoms with Crippen molar-refractivity contribution >= 4 is 23.1 Å². The molecule has 0 unspecified atom stereocenters. The molecule has 4 aromatic rings. The zero-order valence-corrected chi connectivity index (χ0v) is 17.8. The van der Waals surface area contributed by atoms with Crippen LogP contribution >= 0.6 is 0 Å². The number of allylic oxidation sites excluding steroid dienone is 2. The Balaban J connectivity index is 1.77. The number of hydrogen-bond donors (Lipinski definition) is 2. The maximum atomic E-state index is 12.7. The van der Waals surface area contributed by atoms with Crippen LogP contribution < -0.4 is 5.43 Å². The summed E-state index contributed by atoms with van der Waals surface area (Å²) in [5.41, 5.74) is 2.71. The van der Waals surface area contributed by atoms with Gasteiger partial charge in [0.25, 0.3) is 0 Å². The van der Waals surface area contributed by atoms with Crippen molar-refractivity contribution in [3.8, 4) is 11.5 Å². The van der Waals surface area contributed by atoms with Gasteiger partial charge in [-0.3, -0.25) is 4.79 Å². The van der Waals surface area contributed by atoms with Crippen LogP contribution in [0.25, 0.3) is 23.1 Å². The Bertz CT molecular complexity index is 1350. The van der Waals surface area contributed by atoms with Gasteiger partial charge in [-0.1, -0.05) is 85.0 Å². The Morgan fingerprint density at radius 1 is 0.781 bits per heavy atom. The van der Waals surface area contributed by atoms with Crippen LogP contribution in [0.4, 0.5) is 0 Å². The molecule has 0 bridgehead atoms. The maximum Gasteiger partial charge on any atom is 0.196 e. The first-order valence-electron chi connectivity index (χ1n) is 10.5. The monoisotopic (exact) mass is 424 g/mol. The van der Waals surface area contributed by atoms with Crippen molar-refractivity contribution in [2.24, 2.45) is 0 Å². The Labute approximate surface area is 186 Å². The summed E-state index contributed by atoms with van der Waals surface area (Å²) in [5, 5.41) is 22.0. The molecule has 0 aliphatic carbocycles. The molecule has 2 N–H and O–H groups in total. The van der Waals surface area contributed by atoms with Crippen molar-refractivity contribution in [3.05, 3.63) is 117 Å². The highest BCUT2D eigenvalue weighted by molar-refractivity contribution is 5.90. The van der Waals surface area contributed by atoms with E-state index in [1.807, 2.05) is 85.0 Å². The van der Waals surface area contributed by atoms with Gasteiger partial charge in [0, 0.05) is 17.2 Å². The van der Waals surface area contributed by atoms with Crippen LogP contribution in [0.1, 0.15) is 28.0 Å². The zero-order valence-electron chi connectivity index (χ0n) is 17.8. The maximum absolute atomic E-state index is 12.7. The van der Waals surface area contributed by atoms with Gasteiger partial charge in [0.1, 0.15) is 28.2 Å². The van der Waals surface area contributed by atoms with E-state index in [9.17, 15) is 15.0 Å². The van der Waals surface area contributed by atoms with Crippen molar-refractivity contribution in [2.45, 2.75) is 19.8 Å². The van der Waals surface area contributed by atoms with E-state index in [2.05, 4.69) is 0 Å². The SMILES string of the molecule is Cc1cc(=O)c2c(O)c(C/C=C/c3ccccc3)c(O)c(C/C=C/c3ccccc3)c2o1. The average molecular weight is 424 g/mol. The molecule has 0 radical (unpaired) electrons.